The smallest absolute Gasteiger partial charge is 0.335 e. The topological polar surface area (TPSA) is 79.2 Å². The van der Waals surface area contributed by atoms with Gasteiger partial charge in [0.2, 0.25) is 0 Å². The van der Waals surface area contributed by atoms with Gasteiger partial charge in [0.05, 0.1) is 19.7 Å². The Morgan fingerprint density at radius 3 is 2.50 bits per heavy atom. The molecule has 1 saturated heterocycles. The van der Waals surface area contributed by atoms with Gasteiger partial charge in [0.15, 0.2) is 5.17 Å². The van der Waals surface area contributed by atoms with E-state index in [4.69, 9.17) is 21.4 Å². The Labute approximate surface area is 219 Å². The molecule has 1 aliphatic rings. The van der Waals surface area contributed by atoms with Gasteiger partial charge in [-0.2, -0.15) is 0 Å². The monoisotopic (exact) mass is 604 g/mol. The highest BCUT2D eigenvalue weighted by Gasteiger charge is 2.30. The van der Waals surface area contributed by atoms with Crippen LogP contribution in [0, 0.1) is 3.57 Å². The van der Waals surface area contributed by atoms with Crippen molar-refractivity contribution in [2.45, 2.75) is 6.61 Å². The lowest BCUT2D eigenvalue weighted by Crippen LogP contribution is -2.23. The molecule has 1 aliphatic heterocycles. The summed E-state index contributed by atoms with van der Waals surface area (Å²) in [5.74, 6) is -0.390. The molecule has 1 fully saturated rings. The Hall–Kier alpha value is -2.82. The molecule has 0 unspecified atom stereocenters. The minimum absolute atomic E-state index is 0.149. The zero-order valence-corrected chi connectivity index (χ0v) is 21.6. The predicted octanol–water partition coefficient (Wildman–Crippen LogP) is 6.46. The summed E-state index contributed by atoms with van der Waals surface area (Å²) < 4.78 is 6.85. The quantitative estimate of drug-likeness (QED) is 0.258. The number of thioether (sulfide) groups is 1. The van der Waals surface area contributed by atoms with Crippen molar-refractivity contribution in [3.05, 3.63) is 96.9 Å². The van der Waals surface area contributed by atoms with E-state index in [0.29, 0.717) is 27.4 Å². The standard InChI is InChI=1S/C25H18ClIN2O4S/c1-29-23(30)22(34-25(29)28-19-9-5-17(6-10-19)24(31)32)13-16-4-11-21(20(27)12-16)33-14-15-2-7-18(26)8-3-15/h2-13H,14H2,1H3,(H,31,32)/b22-13-,28-25?. The van der Waals surface area contributed by atoms with Crippen LogP contribution in [0.25, 0.3) is 6.08 Å². The second-order valence-electron chi connectivity index (χ2n) is 7.33. The second kappa shape index (κ2) is 10.6. The number of amidine groups is 1. The number of ether oxygens (including phenoxy) is 1. The summed E-state index contributed by atoms with van der Waals surface area (Å²) in [7, 11) is 1.66. The van der Waals surface area contributed by atoms with Gasteiger partial charge in [-0.25, -0.2) is 9.79 Å². The first-order chi connectivity index (χ1) is 16.3. The van der Waals surface area contributed by atoms with Crippen LogP contribution in [0.5, 0.6) is 5.75 Å². The zero-order valence-electron chi connectivity index (χ0n) is 17.9. The maximum Gasteiger partial charge on any atom is 0.335 e. The first-order valence-corrected chi connectivity index (χ1v) is 12.3. The number of nitrogens with zero attached hydrogens (tertiary/aromatic N) is 2. The van der Waals surface area contributed by atoms with Gasteiger partial charge in [-0.3, -0.25) is 9.69 Å². The van der Waals surface area contributed by atoms with E-state index in [-0.39, 0.29) is 11.5 Å². The lowest BCUT2D eigenvalue weighted by Gasteiger charge is -2.09. The lowest BCUT2D eigenvalue weighted by molar-refractivity contribution is -0.121. The SMILES string of the molecule is CN1C(=O)/C(=C/c2ccc(OCc3ccc(Cl)cc3)c(I)c2)SC1=Nc1ccc(C(=O)O)cc1. The molecule has 172 valence electrons. The van der Waals surface area contributed by atoms with Crippen molar-refractivity contribution >= 4 is 74.8 Å². The van der Waals surface area contributed by atoms with Crippen LogP contribution in [0.1, 0.15) is 21.5 Å². The summed E-state index contributed by atoms with van der Waals surface area (Å²) >= 11 is 9.41. The van der Waals surface area contributed by atoms with E-state index in [1.165, 1.54) is 28.8 Å². The zero-order chi connectivity index (χ0) is 24.2. The van der Waals surface area contributed by atoms with E-state index in [2.05, 4.69) is 27.6 Å². The molecule has 9 heteroatoms. The molecule has 0 bridgehead atoms. The third-order valence-electron chi connectivity index (χ3n) is 4.90. The molecule has 0 spiro atoms. The molecule has 0 atom stereocenters. The van der Waals surface area contributed by atoms with Crippen molar-refractivity contribution in [1.82, 2.24) is 4.90 Å². The number of aromatic carboxylic acids is 1. The average Bonchev–Trinajstić information content (AvgIpc) is 3.07. The number of carbonyl (C=O) groups excluding carboxylic acids is 1. The molecule has 0 saturated carbocycles. The minimum atomic E-state index is -0.997. The van der Waals surface area contributed by atoms with Gasteiger partial charge >= 0.3 is 5.97 Å². The number of benzene rings is 3. The van der Waals surface area contributed by atoms with Gasteiger partial charge in [0, 0.05) is 12.1 Å². The van der Waals surface area contributed by atoms with Crippen molar-refractivity contribution in [3.63, 3.8) is 0 Å². The first-order valence-electron chi connectivity index (χ1n) is 10.1. The molecule has 4 rings (SSSR count). The highest BCUT2D eigenvalue weighted by Crippen LogP contribution is 2.34. The highest BCUT2D eigenvalue weighted by molar-refractivity contribution is 14.1. The maximum absolute atomic E-state index is 12.7. The minimum Gasteiger partial charge on any atom is -0.488 e. The Balaban J connectivity index is 1.47. The number of hydrogen-bond donors (Lipinski definition) is 1. The van der Waals surface area contributed by atoms with Crippen molar-refractivity contribution < 1.29 is 19.4 Å². The summed E-state index contributed by atoms with van der Waals surface area (Å²) in [6.07, 6.45) is 1.82. The van der Waals surface area contributed by atoms with Crippen LogP contribution in [-0.4, -0.2) is 34.1 Å². The number of amides is 1. The number of carboxylic acids is 1. The van der Waals surface area contributed by atoms with Gasteiger partial charge in [-0.1, -0.05) is 29.8 Å². The van der Waals surface area contributed by atoms with E-state index < -0.39 is 5.97 Å². The molecule has 6 nitrogen and oxygen atoms in total. The maximum atomic E-state index is 12.7. The summed E-state index contributed by atoms with van der Waals surface area (Å²) in [6, 6.07) is 19.4. The number of carboxylic acid groups (broad SMARTS) is 1. The van der Waals surface area contributed by atoms with E-state index in [0.717, 1.165) is 20.4 Å². The number of rotatable bonds is 6. The molecule has 1 N–H and O–H groups in total. The summed E-state index contributed by atoms with van der Waals surface area (Å²) in [5.41, 5.74) is 2.65. The molecule has 1 amide bonds. The van der Waals surface area contributed by atoms with Crippen LogP contribution < -0.4 is 4.74 Å². The first kappa shape index (κ1) is 24.3. The number of carbonyl (C=O) groups is 2. The molecule has 0 aliphatic carbocycles. The molecule has 3 aromatic carbocycles. The Bertz CT molecular complexity index is 1310. The highest BCUT2D eigenvalue weighted by atomic mass is 127. The number of hydrogen-bond acceptors (Lipinski definition) is 5. The van der Waals surface area contributed by atoms with Gasteiger partial charge in [-0.15, -0.1) is 0 Å². The van der Waals surface area contributed by atoms with Crippen LogP contribution in [0.2, 0.25) is 5.02 Å². The summed E-state index contributed by atoms with van der Waals surface area (Å²) in [6.45, 7) is 0.431. The fourth-order valence-corrected chi connectivity index (χ4v) is 4.87. The molecule has 1 heterocycles. The average molecular weight is 605 g/mol. The Kier molecular flexibility index (Phi) is 7.60. The van der Waals surface area contributed by atoms with E-state index in [1.54, 1.807) is 19.2 Å². The fraction of sp³-hybridized carbons (Fsp3) is 0.0800. The van der Waals surface area contributed by atoms with Crippen LogP contribution in [-0.2, 0) is 11.4 Å². The van der Waals surface area contributed by atoms with E-state index >= 15 is 0 Å². The van der Waals surface area contributed by atoms with Crippen LogP contribution in [0.3, 0.4) is 0 Å². The van der Waals surface area contributed by atoms with E-state index in [1.807, 2.05) is 48.5 Å². The predicted molar refractivity (Wildman–Crippen MR) is 144 cm³/mol. The Morgan fingerprint density at radius 1 is 1.15 bits per heavy atom. The molecule has 34 heavy (non-hydrogen) atoms. The third-order valence-corrected chi connectivity index (χ3v) is 7.06. The summed E-state index contributed by atoms with van der Waals surface area (Å²) in [5, 5.41) is 10.2. The lowest BCUT2D eigenvalue weighted by atomic mass is 10.2. The summed E-state index contributed by atoms with van der Waals surface area (Å²) in [4.78, 5) is 30.3. The Morgan fingerprint density at radius 2 is 1.85 bits per heavy atom. The number of halogens is 2. The van der Waals surface area contributed by atoms with Gasteiger partial charge in [0.25, 0.3) is 5.91 Å². The van der Waals surface area contributed by atoms with Gasteiger partial charge in [0.1, 0.15) is 12.4 Å². The molecular formula is C25H18ClIN2O4S. The van der Waals surface area contributed by atoms with Gasteiger partial charge < -0.3 is 9.84 Å². The van der Waals surface area contributed by atoms with Crippen molar-refractivity contribution in [1.29, 1.82) is 0 Å². The molecular weight excluding hydrogens is 587 g/mol. The number of likely N-dealkylation sites (N-methyl/N-ethyl adjacent to an activating group) is 1. The molecule has 0 radical (unpaired) electrons. The van der Waals surface area contributed by atoms with Crippen molar-refractivity contribution in [3.8, 4) is 5.75 Å². The van der Waals surface area contributed by atoms with Crippen LogP contribution >= 0.6 is 46.0 Å². The van der Waals surface area contributed by atoms with Crippen molar-refractivity contribution in [2.75, 3.05) is 7.05 Å². The second-order valence-corrected chi connectivity index (χ2v) is 9.93. The van der Waals surface area contributed by atoms with Crippen LogP contribution in [0.4, 0.5) is 5.69 Å². The van der Waals surface area contributed by atoms with Gasteiger partial charge in [-0.05, 0) is 100 Å². The molecule has 0 aromatic heterocycles. The van der Waals surface area contributed by atoms with Crippen molar-refractivity contribution in [2.24, 2.45) is 4.99 Å². The largest absolute Gasteiger partial charge is 0.488 e. The third kappa shape index (κ3) is 5.81. The van der Waals surface area contributed by atoms with Crippen LogP contribution in [0.15, 0.2) is 76.6 Å². The normalized spacial score (nSPS) is 15.9. The molecule has 3 aromatic rings. The number of aliphatic imine (C=N–C) groups is 1. The fourth-order valence-electron chi connectivity index (χ4n) is 3.06. The van der Waals surface area contributed by atoms with E-state index in [9.17, 15) is 9.59 Å².